The van der Waals surface area contributed by atoms with Crippen LogP contribution in [0.5, 0.6) is 0 Å². The first kappa shape index (κ1) is 37.4. The number of nitrogens with two attached hydrogens (primary N) is 1. The largest absolute Gasteiger partial charge is 0.390 e. The SMILES string of the molecule is CCCN(CCC)C(=O)C1CC(C(=O)NC(CC2CCCCC2)C(O)CN(CC)NC(=O)CC(C)C)CC(S(N)(=O)=O)C1. The lowest BCUT2D eigenvalue weighted by Gasteiger charge is -2.37. The Bertz CT molecular complexity index is 981. The van der Waals surface area contributed by atoms with Gasteiger partial charge in [-0.3, -0.25) is 19.8 Å². The van der Waals surface area contributed by atoms with Gasteiger partial charge in [-0.15, -0.1) is 0 Å². The lowest BCUT2D eigenvalue weighted by atomic mass is 9.79. The van der Waals surface area contributed by atoms with Crippen LogP contribution in [0, 0.1) is 23.7 Å². The first-order valence-corrected chi connectivity index (χ1v) is 18.2. The summed E-state index contributed by atoms with van der Waals surface area (Å²) in [7, 11) is -3.96. The van der Waals surface area contributed by atoms with Crippen molar-refractivity contribution in [2.24, 2.45) is 28.8 Å². The predicted octanol–water partition coefficient (Wildman–Crippen LogP) is 2.92. The first-order valence-electron chi connectivity index (χ1n) is 16.6. The standard InChI is InChI=1S/C31H59N5O6S/c1-6-14-35(15-7-2)31(40)25-18-24(19-26(20-25)43(32,41)42)30(39)33-27(17-23-12-10-9-11-13-23)28(37)21-36(8-3)34-29(38)16-22(4)5/h22-28,37H,6-21H2,1-5H3,(H,33,39)(H,34,38)(H2,32,41,42). The van der Waals surface area contributed by atoms with Gasteiger partial charge in [-0.05, 0) is 50.4 Å². The molecule has 3 amide bonds. The number of rotatable bonds is 17. The van der Waals surface area contributed by atoms with Crippen LogP contribution in [0.4, 0.5) is 0 Å². The van der Waals surface area contributed by atoms with Crippen LogP contribution in [0.2, 0.25) is 0 Å². The Kier molecular flexibility index (Phi) is 15.9. The number of amides is 3. The summed E-state index contributed by atoms with van der Waals surface area (Å²) < 4.78 is 25.0. The van der Waals surface area contributed by atoms with Crippen LogP contribution in [0.3, 0.4) is 0 Å². The molecule has 2 aliphatic rings. The minimum atomic E-state index is -3.96. The number of carbonyl (C=O) groups is 3. The molecule has 0 spiro atoms. The molecule has 0 bridgehead atoms. The molecule has 5 atom stereocenters. The number of nitrogens with one attached hydrogen (secondary N) is 2. The molecule has 5 unspecified atom stereocenters. The van der Waals surface area contributed by atoms with E-state index in [1.54, 1.807) is 9.91 Å². The fourth-order valence-corrected chi connectivity index (χ4v) is 7.68. The van der Waals surface area contributed by atoms with Crippen LogP contribution >= 0.6 is 0 Å². The van der Waals surface area contributed by atoms with Gasteiger partial charge in [-0.1, -0.05) is 66.7 Å². The molecule has 0 radical (unpaired) electrons. The van der Waals surface area contributed by atoms with Crippen molar-refractivity contribution in [1.82, 2.24) is 20.7 Å². The summed E-state index contributed by atoms with van der Waals surface area (Å²) >= 11 is 0. The quantitative estimate of drug-likeness (QED) is 0.180. The monoisotopic (exact) mass is 629 g/mol. The van der Waals surface area contributed by atoms with Crippen molar-refractivity contribution in [2.75, 3.05) is 26.2 Å². The fraction of sp³-hybridized carbons (Fsp3) is 0.903. The average molecular weight is 630 g/mol. The van der Waals surface area contributed by atoms with E-state index in [0.29, 0.717) is 38.4 Å². The van der Waals surface area contributed by atoms with Gasteiger partial charge in [0.05, 0.1) is 17.4 Å². The van der Waals surface area contributed by atoms with Crippen LogP contribution in [-0.4, -0.2) is 84.7 Å². The summed E-state index contributed by atoms with van der Waals surface area (Å²) in [6.07, 6.45) is 7.46. The second kappa shape index (κ2) is 18.3. The summed E-state index contributed by atoms with van der Waals surface area (Å²) in [6, 6.07) is -0.577. The van der Waals surface area contributed by atoms with Crippen molar-refractivity contribution >= 4 is 27.7 Å². The Morgan fingerprint density at radius 2 is 1.56 bits per heavy atom. The van der Waals surface area contributed by atoms with Gasteiger partial charge in [-0.25, -0.2) is 18.6 Å². The molecule has 0 saturated heterocycles. The lowest BCUT2D eigenvalue weighted by molar-refractivity contribution is -0.138. The molecule has 5 N–H and O–H groups in total. The Hall–Kier alpha value is -1.76. The third kappa shape index (κ3) is 12.6. The smallest absolute Gasteiger partial charge is 0.234 e. The molecule has 11 nitrogen and oxygen atoms in total. The van der Waals surface area contributed by atoms with Crippen molar-refractivity contribution in [1.29, 1.82) is 0 Å². The Labute approximate surface area is 260 Å². The molecule has 0 aromatic carbocycles. The maximum atomic E-state index is 13.8. The zero-order valence-corrected chi connectivity index (χ0v) is 28.0. The molecule has 0 aliphatic heterocycles. The van der Waals surface area contributed by atoms with E-state index in [1.165, 1.54) is 6.42 Å². The van der Waals surface area contributed by atoms with Crippen molar-refractivity contribution in [3.05, 3.63) is 0 Å². The summed E-state index contributed by atoms with van der Waals surface area (Å²) in [4.78, 5) is 41.5. The Morgan fingerprint density at radius 1 is 0.953 bits per heavy atom. The fourth-order valence-electron chi connectivity index (χ4n) is 6.68. The maximum Gasteiger partial charge on any atom is 0.234 e. The molecule has 43 heavy (non-hydrogen) atoms. The van der Waals surface area contributed by atoms with Gasteiger partial charge < -0.3 is 15.3 Å². The van der Waals surface area contributed by atoms with E-state index in [1.807, 2.05) is 34.6 Å². The number of aliphatic hydroxyl groups is 1. The van der Waals surface area contributed by atoms with Crippen molar-refractivity contribution < 1.29 is 27.9 Å². The highest BCUT2D eigenvalue weighted by Gasteiger charge is 2.42. The molecule has 2 rings (SSSR count). The maximum absolute atomic E-state index is 13.8. The summed E-state index contributed by atoms with van der Waals surface area (Å²) in [5.74, 6) is -1.37. The molecule has 250 valence electrons. The van der Waals surface area contributed by atoms with Crippen molar-refractivity contribution in [2.45, 2.75) is 129 Å². The van der Waals surface area contributed by atoms with Gasteiger partial charge in [0.15, 0.2) is 0 Å². The molecular weight excluding hydrogens is 570 g/mol. The molecule has 2 fully saturated rings. The molecular formula is C31H59N5O6S. The summed E-state index contributed by atoms with van der Waals surface area (Å²) in [5, 5.41) is 20.8. The number of likely N-dealkylation sites (N-methyl/N-ethyl adjacent to an activating group) is 1. The van der Waals surface area contributed by atoms with E-state index in [2.05, 4.69) is 10.7 Å². The van der Waals surface area contributed by atoms with E-state index < -0.39 is 39.3 Å². The number of hydrogen-bond acceptors (Lipinski definition) is 7. The first-order chi connectivity index (χ1) is 20.3. The van der Waals surface area contributed by atoms with Crippen LogP contribution in [0.15, 0.2) is 0 Å². The molecule has 2 aliphatic carbocycles. The minimum Gasteiger partial charge on any atom is -0.390 e. The second-order valence-corrected chi connectivity index (χ2v) is 15.1. The zero-order chi connectivity index (χ0) is 32.2. The van der Waals surface area contributed by atoms with Gasteiger partial charge in [0.1, 0.15) is 0 Å². The van der Waals surface area contributed by atoms with Gasteiger partial charge in [0, 0.05) is 44.4 Å². The highest BCUT2D eigenvalue weighted by Crippen LogP contribution is 2.35. The van der Waals surface area contributed by atoms with Crippen molar-refractivity contribution in [3.63, 3.8) is 0 Å². The van der Waals surface area contributed by atoms with Gasteiger partial charge in [0.25, 0.3) is 0 Å². The van der Waals surface area contributed by atoms with E-state index in [9.17, 15) is 27.9 Å². The molecule has 2 saturated carbocycles. The molecule has 0 aromatic rings. The highest BCUT2D eigenvalue weighted by atomic mass is 32.2. The second-order valence-electron chi connectivity index (χ2n) is 13.2. The van der Waals surface area contributed by atoms with E-state index >= 15 is 0 Å². The number of nitrogens with zero attached hydrogens (tertiary/aromatic N) is 2. The number of hydrogen-bond donors (Lipinski definition) is 4. The van der Waals surface area contributed by atoms with Gasteiger partial charge in [0.2, 0.25) is 27.7 Å². The number of aliphatic hydroxyl groups excluding tert-OH is 1. The molecule has 0 heterocycles. The van der Waals surface area contributed by atoms with Crippen LogP contribution in [-0.2, 0) is 24.4 Å². The zero-order valence-electron chi connectivity index (χ0n) is 27.2. The number of hydrazine groups is 1. The topological polar surface area (TPSA) is 162 Å². The molecule has 12 heteroatoms. The Balaban J connectivity index is 2.24. The third-order valence-corrected chi connectivity index (χ3v) is 10.2. The summed E-state index contributed by atoms with van der Waals surface area (Å²) in [5.41, 5.74) is 2.87. The van der Waals surface area contributed by atoms with Gasteiger partial charge in [-0.2, -0.15) is 0 Å². The van der Waals surface area contributed by atoms with E-state index in [4.69, 9.17) is 5.14 Å². The number of carbonyl (C=O) groups excluding carboxylic acids is 3. The van der Waals surface area contributed by atoms with E-state index in [0.717, 1.165) is 38.5 Å². The highest BCUT2D eigenvalue weighted by molar-refractivity contribution is 7.89. The van der Waals surface area contributed by atoms with Crippen LogP contribution < -0.4 is 15.9 Å². The van der Waals surface area contributed by atoms with E-state index in [-0.39, 0.29) is 49.4 Å². The summed E-state index contributed by atoms with van der Waals surface area (Å²) in [6.45, 7) is 11.6. The number of sulfonamides is 1. The Morgan fingerprint density at radius 3 is 2.09 bits per heavy atom. The number of primary sulfonamides is 1. The molecule has 0 aromatic heterocycles. The minimum absolute atomic E-state index is 0.0502. The normalized spacial score (nSPS) is 23.1. The predicted molar refractivity (Wildman–Crippen MR) is 169 cm³/mol. The average Bonchev–Trinajstić information content (AvgIpc) is 2.95. The van der Waals surface area contributed by atoms with Crippen LogP contribution in [0.1, 0.15) is 112 Å². The lowest BCUT2D eigenvalue weighted by Crippen LogP contribution is -2.55. The van der Waals surface area contributed by atoms with Gasteiger partial charge >= 0.3 is 0 Å². The van der Waals surface area contributed by atoms with Crippen LogP contribution in [0.25, 0.3) is 0 Å². The third-order valence-electron chi connectivity index (χ3n) is 8.92. The van der Waals surface area contributed by atoms with Crippen molar-refractivity contribution in [3.8, 4) is 0 Å².